The SMILES string of the molecule is C(=C1/COc2ccc(-c3nc(-n4c5ccccc5c5ccccc54)cn3-c3ccccc3)cc21)/C(=C\C1CC1)n1c2ccccc2c2ccccc21. The first-order chi connectivity index (χ1) is 25.8. The maximum atomic E-state index is 6.36. The Morgan fingerprint density at radius 1 is 0.635 bits per heavy atom. The van der Waals surface area contributed by atoms with Gasteiger partial charge in [-0.1, -0.05) is 97.1 Å². The largest absolute Gasteiger partial charge is 0.488 e. The Labute approximate surface area is 301 Å². The number of imidazole rings is 1. The maximum Gasteiger partial charge on any atom is 0.156 e. The van der Waals surface area contributed by atoms with Gasteiger partial charge in [0.15, 0.2) is 5.82 Å². The first-order valence-electron chi connectivity index (χ1n) is 18.1. The van der Waals surface area contributed by atoms with Crippen LogP contribution >= 0.6 is 0 Å². The molecule has 0 bridgehead atoms. The molecule has 9 aromatic rings. The second-order valence-corrected chi connectivity index (χ2v) is 14.0. The third kappa shape index (κ3) is 4.59. The number of rotatable bonds is 6. The number of para-hydroxylation sites is 5. The lowest BCUT2D eigenvalue weighted by molar-refractivity contribution is 0.388. The summed E-state index contributed by atoms with van der Waals surface area (Å²) in [4.78, 5) is 5.42. The molecule has 2 aliphatic rings. The van der Waals surface area contributed by atoms with E-state index in [1.807, 2.05) is 0 Å². The fraction of sp³-hybridized carbons (Fsp3) is 0.0851. The van der Waals surface area contributed by atoms with E-state index in [1.165, 1.54) is 56.7 Å². The van der Waals surface area contributed by atoms with Gasteiger partial charge < -0.3 is 9.30 Å². The molecule has 1 aliphatic carbocycles. The lowest BCUT2D eigenvalue weighted by Gasteiger charge is -2.11. The molecule has 248 valence electrons. The van der Waals surface area contributed by atoms with Crippen LogP contribution in [0.25, 0.3) is 77.8 Å². The molecule has 5 heteroatoms. The van der Waals surface area contributed by atoms with Gasteiger partial charge in [-0.05, 0) is 79.4 Å². The monoisotopic (exact) mass is 670 g/mol. The summed E-state index contributed by atoms with van der Waals surface area (Å²) in [6.45, 7) is 0.525. The molecule has 11 rings (SSSR count). The first-order valence-corrected chi connectivity index (χ1v) is 18.1. The van der Waals surface area contributed by atoms with E-state index in [4.69, 9.17) is 9.72 Å². The van der Waals surface area contributed by atoms with Gasteiger partial charge >= 0.3 is 0 Å². The van der Waals surface area contributed by atoms with Crippen molar-refractivity contribution in [3.63, 3.8) is 0 Å². The molecule has 1 saturated carbocycles. The fourth-order valence-electron chi connectivity index (χ4n) is 8.10. The number of ether oxygens (including phenoxy) is 1. The molecule has 3 aromatic heterocycles. The second kappa shape index (κ2) is 11.5. The van der Waals surface area contributed by atoms with E-state index >= 15 is 0 Å². The van der Waals surface area contributed by atoms with E-state index in [9.17, 15) is 0 Å². The van der Waals surface area contributed by atoms with Crippen LogP contribution in [-0.2, 0) is 0 Å². The Morgan fingerprint density at radius 2 is 1.21 bits per heavy atom. The predicted molar refractivity (Wildman–Crippen MR) is 213 cm³/mol. The van der Waals surface area contributed by atoms with E-state index < -0.39 is 0 Å². The highest BCUT2D eigenvalue weighted by molar-refractivity contribution is 6.11. The lowest BCUT2D eigenvalue weighted by atomic mass is 10.0. The van der Waals surface area contributed by atoms with Gasteiger partial charge in [0.25, 0.3) is 0 Å². The van der Waals surface area contributed by atoms with E-state index in [2.05, 4.69) is 178 Å². The van der Waals surface area contributed by atoms with Crippen molar-refractivity contribution >= 4 is 54.9 Å². The average Bonchev–Trinajstić information content (AvgIpc) is 3.50. The van der Waals surface area contributed by atoms with Crippen LogP contribution in [-0.4, -0.2) is 25.3 Å². The van der Waals surface area contributed by atoms with Crippen molar-refractivity contribution in [3.8, 4) is 28.6 Å². The molecule has 0 radical (unpaired) electrons. The van der Waals surface area contributed by atoms with E-state index in [-0.39, 0.29) is 0 Å². The topological polar surface area (TPSA) is 36.9 Å². The van der Waals surface area contributed by atoms with Crippen molar-refractivity contribution in [1.82, 2.24) is 18.7 Å². The number of nitrogens with zero attached hydrogens (tertiary/aromatic N) is 4. The van der Waals surface area contributed by atoms with Gasteiger partial charge in [-0.3, -0.25) is 9.13 Å². The highest BCUT2D eigenvalue weighted by Crippen LogP contribution is 2.42. The Morgan fingerprint density at radius 3 is 1.85 bits per heavy atom. The standard InChI is InChI=1S/C47H34N4O/c1-2-12-34(13-3-1)49-29-46(51-43-20-10-6-16-38(43)39-17-7-11-21-44(39)51)48-47(49)32-24-25-45-40(28-32)33(30-52-45)27-35(26-31-22-23-31)50-41-18-8-4-14-36(41)37-15-5-9-19-42(37)50/h1-21,24-29,31H,22-23,30H2/b33-27+,35-26+. The van der Waals surface area contributed by atoms with Crippen molar-refractivity contribution in [2.24, 2.45) is 5.92 Å². The highest BCUT2D eigenvalue weighted by atomic mass is 16.5. The van der Waals surface area contributed by atoms with E-state index in [0.29, 0.717) is 12.5 Å². The molecule has 0 amide bonds. The van der Waals surface area contributed by atoms with Gasteiger partial charge in [-0.2, -0.15) is 0 Å². The molecule has 5 nitrogen and oxygen atoms in total. The van der Waals surface area contributed by atoms with Crippen LogP contribution in [0.3, 0.4) is 0 Å². The van der Waals surface area contributed by atoms with Crippen LogP contribution in [0.1, 0.15) is 18.4 Å². The number of fused-ring (bicyclic) bond motifs is 7. The third-order valence-electron chi connectivity index (χ3n) is 10.7. The normalized spacial score (nSPS) is 15.3. The molecule has 52 heavy (non-hydrogen) atoms. The second-order valence-electron chi connectivity index (χ2n) is 14.0. The van der Waals surface area contributed by atoms with E-state index in [0.717, 1.165) is 45.2 Å². The molecule has 0 N–H and O–H groups in total. The van der Waals surface area contributed by atoms with Crippen LogP contribution < -0.4 is 4.74 Å². The molecule has 0 spiro atoms. The number of hydrogen-bond donors (Lipinski definition) is 0. The Bertz CT molecular complexity index is 2810. The molecule has 1 aliphatic heterocycles. The lowest BCUT2D eigenvalue weighted by Crippen LogP contribution is -1.98. The average molecular weight is 671 g/mol. The van der Waals surface area contributed by atoms with Crippen LogP contribution in [0.4, 0.5) is 0 Å². The fourth-order valence-corrected chi connectivity index (χ4v) is 8.10. The summed E-state index contributed by atoms with van der Waals surface area (Å²) in [6.07, 6.45) is 9.46. The van der Waals surface area contributed by atoms with E-state index in [1.54, 1.807) is 0 Å². The Balaban J connectivity index is 1.08. The number of benzene rings is 6. The summed E-state index contributed by atoms with van der Waals surface area (Å²) in [6, 6.07) is 51.7. The van der Waals surface area contributed by atoms with Crippen molar-refractivity contribution in [3.05, 3.63) is 170 Å². The van der Waals surface area contributed by atoms with Crippen LogP contribution in [0.5, 0.6) is 5.75 Å². The van der Waals surface area contributed by atoms with Crippen LogP contribution in [0, 0.1) is 5.92 Å². The first kappa shape index (κ1) is 29.2. The molecule has 4 heterocycles. The predicted octanol–water partition coefficient (Wildman–Crippen LogP) is 11.5. The van der Waals surface area contributed by atoms with Crippen LogP contribution in [0.15, 0.2) is 164 Å². The van der Waals surface area contributed by atoms with Crippen molar-refractivity contribution < 1.29 is 4.74 Å². The van der Waals surface area contributed by atoms with Gasteiger partial charge in [-0.25, -0.2) is 4.98 Å². The molecule has 0 saturated heterocycles. The van der Waals surface area contributed by atoms with Crippen LogP contribution in [0.2, 0.25) is 0 Å². The summed E-state index contributed by atoms with van der Waals surface area (Å²) in [7, 11) is 0. The smallest absolute Gasteiger partial charge is 0.156 e. The molecular formula is C47H34N4O. The molecular weight excluding hydrogens is 637 g/mol. The highest BCUT2D eigenvalue weighted by Gasteiger charge is 2.25. The maximum absolute atomic E-state index is 6.36. The van der Waals surface area contributed by atoms with Gasteiger partial charge in [0.2, 0.25) is 0 Å². The van der Waals surface area contributed by atoms with Crippen molar-refractivity contribution in [2.75, 3.05) is 6.61 Å². The Kier molecular flexibility index (Phi) is 6.44. The van der Waals surface area contributed by atoms with Gasteiger partial charge in [-0.15, -0.1) is 0 Å². The zero-order valence-electron chi connectivity index (χ0n) is 28.5. The summed E-state index contributed by atoms with van der Waals surface area (Å²) in [5, 5.41) is 4.99. The molecule has 1 fully saturated rings. The third-order valence-corrected chi connectivity index (χ3v) is 10.7. The minimum absolute atomic E-state index is 0.525. The zero-order valence-corrected chi connectivity index (χ0v) is 28.5. The minimum Gasteiger partial charge on any atom is -0.488 e. The van der Waals surface area contributed by atoms with Gasteiger partial charge in [0.1, 0.15) is 18.2 Å². The number of allylic oxidation sites excluding steroid dienone is 3. The molecule has 6 aromatic carbocycles. The quantitative estimate of drug-likeness (QED) is 0.177. The van der Waals surface area contributed by atoms with Gasteiger partial charge in [0.05, 0.1) is 28.3 Å². The molecule has 0 unspecified atom stereocenters. The minimum atomic E-state index is 0.525. The number of hydrogen-bond acceptors (Lipinski definition) is 2. The Hall–Kier alpha value is -6.59. The number of aromatic nitrogens is 4. The summed E-state index contributed by atoms with van der Waals surface area (Å²) >= 11 is 0. The summed E-state index contributed by atoms with van der Waals surface area (Å²) in [5.74, 6) is 3.26. The van der Waals surface area contributed by atoms with Gasteiger partial charge in [0, 0.05) is 49.6 Å². The van der Waals surface area contributed by atoms with Crippen molar-refractivity contribution in [1.29, 1.82) is 0 Å². The summed E-state index contributed by atoms with van der Waals surface area (Å²) < 4.78 is 13.3. The van der Waals surface area contributed by atoms with Crippen molar-refractivity contribution in [2.45, 2.75) is 12.8 Å². The molecule has 0 atom stereocenters. The zero-order chi connectivity index (χ0) is 34.2. The summed E-state index contributed by atoms with van der Waals surface area (Å²) in [5.41, 5.74) is 10.3.